The molecule has 2 aromatic rings. The lowest BCUT2D eigenvalue weighted by atomic mass is 9.87. The molecular formula is C25H28ClN3O5. The van der Waals surface area contributed by atoms with Crippen molar-refractivity contribution in [2.45, 2.75) is 44.2 Å². The molecule has 1 atom stereocenters. The predicted octanol–water partition coefficient (Wildman–Crippen LogP) is 3.25. The number of nitrogens with one attached hydrogen (secondary N) is 3. The van der Waals surface area contributed by atoms with Crippen LogP contribution >= 0.6 is 11.6 Å². The standard InChI is InChI=1S/C25H28ClN3O5/c26-18-5-10-21-17(13-18)14-22(29-21)24(31)28-12-11-27-23(30)15-1-6-19(7-2-15)34-20-8-3-16(4-9-20)25(32)33/h1-2,5-7,10,13,16,20,22,29H,3-4,8-9,11-12,14H2,(H,27,30)(H,28,31)(H,32,33)/t16-,20+,22?. The second-order valence-electron chi connectivity index (χ2n) is 8.70. The molecule has 2 aromatic carbocycles. The first kappa shape index (κ1) is 23.9. The van der Waals surface area contributed by atoms with Gasteiger partial charge in [-0.1, -0.05) is 11.6 Å². The molecule has 1 aliphatic heterocycles. The molecule has 9 heteroatoms. The summed E-state index contributed by atoms with van der Waals surface area (Å²) in [6.07, 6.45) is 3.23. The maximum Gasteiger partial charge on any atom is 0.306 e. The Kier molecular flexibility index (Phi) is 7.57. The third-order valence-electron chi connectivity index (χ3n) is 6.29. The smallest absolute Gasteiger partial charge is 0.306 e. The zero-order chi connectivity index (χ0) is 24.1. The molecule has 0 saturated heterocycles. The molecule has 1 aliphatic carbocycles. The van der Waals surface area contributed by atoms with E-state index in [-0.39, 0.29) is 29.9 Å². The van der Waals surface area contributed by atoms with E-state index >= 15 is 0 Å². The molecule has 1 fully saturated rings. The first-order valence-corrected chi connectivity index (χ1v) is 11.9. The first-order chi connectivity index (χ1) is 16.4. The summed E-state index contributed by atoms with van der Waals surface area (Å²) < 4.78 is 5.94. The molecule has 0 aromatic heterocycles. The minimum atomic E-state index is -0.737. The molecule has 4 rings (SSSR count). The van der Waals surface area contributed by atoms with Crippen LogP contribution in [-0.4, -0.2) is 48.1 Å². The molecule has 34 heavy (non-hydrogen) atoms. The van der Waals surface area contributed by atoms with Gasteiger partial charge in [0.25, 0.3) is 5.91 Å². The minimum Gasteiger partial charge on any atom is -0.490 e. The van der Waals surface area contributed by atoms with Crippen LogP contribution in [0.25, 0.3) is 0 Å². The quantitative estimate of drug-likeness (QED) is 0.426. The van der Waals surface area contributed by atoms with Gasteiger partial charge in [0.15, 0.2) is 0 Å². The van der Waals surface area contributed by atoms with Crippen LogP contribution in [0.1, 0.15) is 41.6 Å². The number of fused-ring (bicyclic) bond motifs is 1. The normalized spacial score (nSPS) is 21.1. The number of aliphatic carboxylic acids is 1. The van der Waals surface area contributed by atoms with E-state index in [9.17, 15) is 14.4 Å². The third-order valence-corrected chi connectivity index (χ3v) is 6.53. The van der Waals surface area contributed by atoms with Gasteiger partial charge in [-0.3, -0.25) is 14.4 Å². The van der Waals surface area contributed by atoms with Crippen molar-refractivity contribution < 1.29 is 24.2 Å². The number of carboxylic acid groups (broad SMARTS) is 1. The van der Waals surface area contributed by atoms with E-state index in [0.29, 0.717) is 61.5 Å². The monoisotopic (exact) mass is 485 g/mol. The Bertz CT molecular complexity index is 1050. The summed E-state index contributed by atoms with van der Waals surface area (Å²) in [4.78, 5) is 35.8. The lowest BCUT2D eigenvalue weighted by Gasteiger charge is -2.26. The Labute approximate surface area is 203 Å². The number of carbonyl (C=O) groups is 3. The van der Waals surface area contributed by atoms with Gasteiger partial charge in [-0.25, -0.2) is 0 Å². The fourth-order valence-electron chi connectivity index (χ4n) is 4.38. The highest BCUT2D eigenvalue weighted by atomic mass is 35.5. The van der Waals surface area contributed by atoms with Gasteiger partial charge in [0, 0.05) is 35.8 Å². The van der Waals surface area contributed by atoms with Crippen LogP contribution in [0.4, 0.5) is 5.69 Å². The summed E-state index contributed by atoms with van der Waals surface area (Å²) in [7, 11) is 0. The Balaban J connectivity index is 1.15. The summed E-state index contributed by atoms with van der Waals surface area (Å²) in [5.74, 6) is -0.710. The Morgan fingerprint density at radius 1 is 1.00 bits per heavy atom. The summed E-state index contributed by atoms with van der Waals surface area (Å²) in [5.41, 5.74) is 2.43. The highest BCUT2D eigenvalue weighted by molar-refractivity contribution is 6.30. The van der Waals surface area contributed by atoms with E-state index in [1.165, 1.54) is 0 Å². The van der Waals surface area contributed by atoms with Crippen molar-refractivity contribution >= 4 is 35.1 Å². The molecule has 180 valence electrons. The van der Waals surface area contributed by atoms with Crippen LogP contribution in [0.3, 0.4) is 0 Å². The zero-order valence-electron chi connectivity index (χ0n) is 18.7. The van der Waals surface area contributed by atoms with E-state index in [2.05, 4.69) is 16.0 Å². The second-order valence-corrected chi connectivity index (χ2v) is 9.14. The highest BCUT2D eigenvalue weighted by Gasteiger charge is 2.27. The summed E-state index contributed by atoms with van der Waals surface area (Å²) in [5, 5.41) is 18.6. The van der Waals surface area contributed by atoms with Gasteiger partial charge in [-0.05, 0) is 73.7 Å². The van der Waals surface area contributed by atoms with Gasteiger partial charge in [0.2, 0.25) is 5.91 Å². The fraction of sp³-hybridized carbons (Fsp3) is 0.400. The third kappa shape index (κ3) is 5.99. The molecular weight excluding hydrogens is 458 g/mol. The van der Waals surface area contributed by atoms with Crippen molar-refractivity contribution in [1.82, 2.24) is 10.6 Å². The number of rotatable bonds is 8. The molecule has 1 heterocycles. The van der Waals surface area contributed by atoms with Crippen LogP contribution in [0.2, 0.25) is 5.02 Å². The van der Waals surface area contributed by atoms with E-state index < -0.39 is 5.97 Å². The van der Waals surface area contributed by atoms with Crippen molar-refractivity contribution in [1.29, 1.82) is 0 Å². The second kappa shape index (κ2) is 10.8. The number of ether oxygens (including phenoxy) is 1. The number of anilines is 1. The first-order valence-electron chi connectivity index (χ1n) is 11.5. The average molecular weight is 486 g/mol. The van der Waals surface area contributed by atoms with Crippen molar-refractivity contribution in [3.8, 4) is 5.75 Å². The average Bonchev–Trinajstić information content (AvgIpc) is 3.26. The van der Waals surface area contributed by atoms with Crippen LogP contribution in [-0.2, 0) is 16.0 Å². The van der Waals surface area contributed by atoms with E-state index in [1.807, 2.05) is 12.1 Å². The topological polar surface area (TPSA) is 117 Å². The van der Waals surface area contributed by atoms with Crippen LogP contribution in [0.15, 0.2) is 42.5 Å². The Hall–Kier alpha value is -3.26. The number of carboxylic acids is 1. The molecule has 1 saturated carbocycles. The molecule has 1 unspecified atom stereocenters. The summed E-state index contributed by atoms with van der Waals surface area (Å²) >= 11 is 6.01. The van der Waals surface area contributed by atoms with Crippen LogP contribution < -0.4 is 20.7 Å². The number of hydrogen-bond acceptors (Lipinski definition) is 5. The van der Waals surface area contributed by atoms with Crippen LogP contribution in [0.5, 0.6) is 5.75 Å². The lowest BCUT2D eigenvalue weighted by Crippen LogP contribution is -2.42. The SMILES string of the molecule is O=C(NCCNC(=O)C1Cc2cc(Cl)ccc2N1)c1ccc(O[C@H]2CC[C@@H](C(=O)O)CC2)cc1. The fourth-order valence-corrected chi connectivity index (χ4v) is 4.58. The Morgan fingerprint density at radius 2 is 1.71 bits per heavy atom. The number of benzene rings is 2. The molecule has 0 bridgehead atoms. The van der Waals surface area contributed by atoms with Gasteiger partial charge >= 0.3 is 5.97 Å². The maximum atomic E-state index is 12.4. The highest BCUT2D eigenvalue weighted by Crippen LogP contribution is 2.29. The van der Waals surface area contributed by atoms with Gasteiger partial charge in [0.1, 0.15) is 11.8 Å². The number of halogens is 1. The molecule has 2 aliphatic rings. The largest absolute Gasteiger partial charge is 0.490 e. The minimum absolute atomic E-state index is 0.00183. The van der Waals surface area contributed by atoms with Crippen molar-refractivity contribution in [2.75, 3.05) is 18.4 Å². The van der Waals surface area contributed by atoms with E-state index in [0.717, 1.165) is 11.3 Å². The van der Waals surface area contributed by atoms with Gasteiger partial charge in [-0.2, -0.15) is 0 Å². The van der Waals surface area contributed by atoms with Gasteiger partial charge in [0.05, 0.1) is 12.0 Å². The molecule has 4 N–H and O–H groups in total. The van der Waals surface area contributed by atoms with Gasteiger partial charge in [-0.15, -0.1) is 0 Å². The van der Waals surface area contributed by atoms with Crippen LogP contribution in [0, 0.1) is 5.92 Å². The maximum absolute atomic E-state index is 12.4. The Morgan fingerprint density at radius 3 is 2.41 bits per heavy atom. The van der Waals surface area contributed by atoms with Crippen molar-refractivity contribution in [3.63, 3.8) is 0 Å². The summed E-state index contributed by atoms with van der Waals surface area (Å²) in [6, 6.07) is 12.0. The molecule has 2 amide bonds. The summed E-state index contributed by atoms with van der Waals surface area (Å²) in [6.45, 7) is 0.626. The zero-order valence-corrected chi connectivity index (χ0v) is 19.4. The van der Waals surface area contributed by atoms with Crippen molar-refractivity contribution in [2.24, 2.45) is 5.92 Å². The molecule has 8 nitrogen and oxygen atoms in total. The van der Waals surface area contributed by atoms with E-state index in [4.69, 9.17) is 21.4 Å². The van der Waals surface area contributed by atoms with Crippen molar-refractivity contribution in [3.05, 3.63) is 58.6 Å². The molecule has 0 radical (unpaired) electrons. The predicted molar refractivity (Wildman–Crippen MR) is 128 cm³/mol. The number of amides is 2. The van der Waals surface area contributed by atoms with E-state index in [1.54, 1.807) is 30.3 Å². The lowest BCUT2D eigenvalue weighted by molar-refractivity contribution is -0.143. The molecule has 0 spiro atoms. The number of carbonyl (C=O) groups excluding carboxylic acids is 2. The number of hydrogen-bond donors (Lipinski definition) is 4. The van der Waals surface area contributed by atoms with Gasteiger partial charge < -0.3 is 25.8 Å².